The normalized spacial score (nSPS) is 18.3. The van der Waals surface area contributed by atoms with Crippen molar-refractivity contribution >= 4 is 11.6 Å². The monoisotopic (exact) mass is 537 g/mol. The zero-order valence-electron chi connectivity index (χ0n) is 22.3. The van der Waals surface area contributed by atoms with Crippen LogP contribution in [0.4, 0.5) is 18.9 Å². The summed E-state index contributed by atoms with van der Waals surface area (Å²) in [6.07, 6.45) is 5.02. The van der Waals surface area contributed by atoms with E-state index in [0.29, 0.717) is 13.1 Å². The maximum atomic E-state index is 13.2. The lowest BCUT2D eigenvalue weighted by atomic mass is 10.0. The third-order valence-electron chi connectivity index (χ3n) is 7.64. The number of amides is 1. The van der Waals surface area contributed by atoms with Crippen LogP contribution in [-0.4, -0.2) is 54.8 Å². The first-order valence-corrected chi connectivity index (χ1v) is 13.4. The molecule has 1 fully saturated rings. The molecule has 2 aliphatic heterocycles. The minimum atomic E-state index is -4.73. The predicted molar refractivity (Wildman–Crippen MR) is 147 cm³/mol. The van der Waals surface area contributed by atoms with Gasteiger partial charge in [0, 0.05) is 57.1 Å². The second kappa shape index (κ2) is 11.3. The predicted octanol–water partition coefficient (Wildman–Crippen LogP) is 6.39. The van der Waals surface area contributed by atoms with Gasteiger partial charge in [-0.3, -0.25) is 9.69 Å². The molecular weight excluding hydrogens is 503 g/mol. The fourth-order valence-corrected chi connectivity index (χ4v) is 5.54. The highest BCUT2D eigenvalue weighted by Gasteiger charge is 2.32. The van der Waals surface area contributed by atoms with Crippen molar-refractivity contribution in [3.05, 3.63) is 94.6 Å². The quantitative estimate of drug-likeness (QED) is 0.384. The number of carbonyl (C=O) groups excluding carboxylic acids is 1. The van der Waals surface area contributed by atoms with Crippen LogP contribution in [-0.2, 0) is 13.1 Å². The van der Waals surface area contributed by atoms with E-state index in [0.717, 1.165) is 79.9 Å². The van der Waals surface area contributed by atoms with Crippen LogP contribution < -0.4 is 9.64 Å². The molecule has 2 heterocycles. The topological polar surface area (TPSA) is 36.0 Å². The van der Waals surface area contributed by atoms with Gasteiger partial charge in [-0.25, -0.2) is 0 Å². The van der Waals surface area contributed by atoms with E-state index in [-0.39, 0.29) is 11.7 Å². The van der Waals surface area contributed by atoms with Gasteiger partial charge in [-0.15, -0.1) is 13.2 Å². The van der Waals surface area contributed by atoms with Gasteiger partial charge in [0.15, 0.2) is 0 Å². The SMILES string of the molecule is C=C1CC=CC(CCN2CCN(c3cc(C)c4c(c3)CN(Cc3ccc(OC(F)(F)F)cc3)C4=O)CC2)=CC1. The van der Waals surface area contributed by atoms with Gasteiger partial charge in [0.2, 0.25) is 0 Å². The van der Waals surface area contributed by atoms with Crippen LogP contribution in [0.3, 0.4) is 0 Å². The van der Waals surface area contributed by atoms with Gasteiger partial charge >= 0.3 is 6.36 Å². The van der Waals surface area contributed by atoms with E-state index in [1.54, 1.807) is 17.0 Å². The van der Waals surface area contributed by atoms with Crippen molar-refractivity contribution in [2.75, 3.05) is 37.6 Å². The van der Waals surface area contributed by atoms with Gasteiger partial charge in [-0.05, 0) is 67.1 Å². The molecule has 1 saturated heterocycles. The zero-order chi connectivity index (χ0) is 27.6. The Morgan fingerprint density at radius 3 is 2.49 bits per heavy atom. The standard InChI is InChI=1S/C31H34F3N3O2/c1-22-4-3-5-24(7-6-22)12-13-35-14-16-36(17-15-35)27-18-23(2)29-26(19-27)21-37(30(29)38)20-25-8-10-28(11-9-25)39-31(32,33)34/h3,5,7-11,18-19H,1,4,6,12-17,20-21H2,2H3. The Kier molecular flexibility index (Phi) is 7.84. The molecule has 0 aromatic heterocycles. The largest absolute Gasteiger partial charge is 0.573 e. The summed E-state index contributed by atoms with van der Waals surface area (Å²) in [5.41, 5.74) is 7.25. The molecule has 5 nitrogen and oxygen atoms in total. The average Bonchev–Trinajstić information content (AvgIpc) is 3.05. The van der Waals surface area contributed by atoms with E-state index in [9.17, 15) is 18.0 Å². The average molecular weight is 538 g/mol. The maximum Gasteiger partial charge on any atom is 0.573 e. The van der Waals surface area contributed by atoms with Gasteiger partial charge < -0.3 is 14.5 Å². The molecule has 206 valence electrons. The number of ether oxygens (including phenoxy) is 1. The summed E-state index contributed by atoms with van der Waals surface area (Å²) in [7, 11) is 0. The zero-order valence-corrected chi connectivity index (χ0v) is 22.3. The fraction of sp³-hybridized carbons (Fsp3) is 0.387. The lowest BCUT2D eigenvalue weighted by molar-refractivity contribution is -0.274. The van der Waals surface area contributed by atoms with Gasteiger partial charge in [0.25, 0.3) is 5.91 Å². The minimum Gasteiger partial charge on any atom is -0.406 e. The molecule has 0 atom stereocenters. The van der Waals surface area contributed by atoms with Crippen LogP contribution in [0.5, 0.6) is 5.75 Å². The number of piperazine rings is 1. The van der Waals surface area contributed by atoms with E-state index < -0.39 is 6.36 Å². The van der Waals surface area contributed by atoms with Gasteiger partial charge in [-0.1, -0.05) is 48.1 Å². The molecular formula is C31H34F3N3O2. The molecule has 2 aromatic carbocycles. The smallest absolute Gasteiger partial charge is 0.406 e. The molecule has 0 radical (unpaired) electrons. The third kappa shape index (κ3) is 6.74. The summed E-state index contributed by atoms with van der Waals surface area (Å²) >= 11 is 0. The Hall–Kier alpha value is -3.52. The van der Waals surface area contributed by atoms with Crippen LogP contribution in [0, 0.1) is 6.92 Å². The molecule has 0 spiro atoms. The van der Waals surface area contributed by atoms with E-state index in [4.69, 9.17) is 0 Å². The van der Waals surface area contributed by atoms with E-state index in [1.807, 2.05) is 6.92 Å². The summed E-state index contributed by atoms with van der Waals surface area (Å²) < 4.78 is 41.3. The Balaban J connectivity index is 1.17. The van der Waals surface area contributed by atoms with Crippen molar-refractivity contribution in [1.29, 1.82) is 0 Å². The minimum absolute atomic E-state index is 0.0417. The highest BCUT2D eigenvalue weighted by molar-refractivity contribution is 6.00. The number of benzene rings is 2. The summed E-state index contributed by atoms with van der Waals surface area (Å²) in [5, 5.41) is 0. The van der Waals surface area contributed by atoms with Crippen molar-refractivity contribution in [3.8, 4) is 5.75 Å². The van der Waals surface area contributed by atoms with E-state index in [2.05, 4.69) is 51.5 Å². The van der Waals surface area contributed by atoms with Crippen molar-refractivity contribution in [2.45, 2.75) is 45.6 Å². The summed E-state index contributed by atoms with van der Waals surface area (Å²) in [4.78, 5) is 19.8. The number of hydrogen-bond acceptors (Lipinski definition) is 4. The molecule has 1 amide bonds. The first kappa shape index (κ1) is 27.1. The summed E-state index contributed by atoms with van der Waals surface area (Å²) in [6, 6.07) is 9.92. The van der Waals surface area contributed by atoms with Gasteiger partial charge in [-0.2, -0.15) is 0 Å². The first-order chi connectivity index (χ1) is 18.6. The van der Waals surface area contributed by atoms with Crippen LogP contribution in [0.15, 0.2) is 72.4 Å². The van der Waals surface area contributed by atoms with Crippen LogP contribution in [0.25, 0.3) is 0 Å². The molecule has 0 saturated carbocycles. The number of rotatable bonds is 7. The maximum absolute atomic E-state index is 13.2. The Labute approximate surface area is 227 Å². The summed E-state index contributed by atoms with van der Waals surface area (Å²) in [5.74, 6) is -0.313. The number of halogens is 3. The number of anilines is 1. The van der Waals surface area contributed by atoms with Gasteiger partial charge in [0.1, 0.15) is 5.75 Å². The van der Waals surface area contributed by atoms with Crippen molar-refractivity contribution < 1.29 is 22.7 Å². The van der Waals surface area contributed by atoms with Crippen LogP contribution in [0.1, 0.15) is 46.3 Å². The van der Waals surface area contributed by atoms with Crippen molar-refractivity contribution in [1.82, 2.24) is 9.80 Å². The molecule has 0 bridgehead atoms. The lowest BCUT2D eigenvalue weighted by Gasteiger charge is -2.36. The number of carbonyl (C=O) groups is 1. The second-order valence-electron chi connectivity index (χ2n) is 10.6. The van der Waals surface area contributed by atoms with Gasteiger partial charge in [0.05, 0.1) is 0 Å². The molecule has 1 aliphatic carbocycles. The first-order valence-electron chi connectivity index (χ1n) is 13.4. The Morgan fingerprint density at radius 1 is 1.03 bits per heavy atom. The van der Waals surface area contributed by atoms with E-state index >= 15 is 0 Å². The van der Waals surface area contributed by atoms with Crippen molar-refractivity contribution in [2.24, 2.45) is 0 Å². The highest BCUT2D eigenvalue weighted by atomic mass is 19.4. The van der Waals surface area contributed by atoms with Crippen LogP contribution >= 0.6 is 0 Å². The molecule has 39 heavy (non-hydrogen) atoms. The molecule has 5 rings (SSSR count). The second-order valence-corrected chi connectivity index (χ2v) is 10.6. The number of hydrogen-bond donors (Lipinski definition) is 0. The number of aryl methyl sites for hydroxylation is 1. The number of nitrogens with zero attached hydrogens (tertiary/aromatic N) is 3. The lowest BCUT2D eigenvalue weighted by Crippen LogP contribution is -2.46. The Morgan fingerprint density at radius 2 is 1.77 bits per heavy atom. The fourth-order valence-electron chi connectivity index (χ4n) is 5.54. The highest BCUT2D eigenvalue weighted by Crippen LogP contribution is 2.32. The number of fused-ring (bicyclic) bond motifs is 1. The Bertz CT molecular complexity index is 1290. The molecule has 0 unspecified atom stereocenters. The van der Waals surface area contributed by atoms with Crippen LogP contribution in [0.2, 0.25) is 0 Å². The third-order valence-corrected chi connectivity index (χ3v) is 7.64. The molecule has 2 aromatic rings. The molecule has 3 aliphatic rings. The number of allylic oxidation sites excluding steroid dienone is 4. The van der Waals surface area contributed by atoms with E-state index in [1.165, 1.54) is 23.3 Å². The molecule has 8 heteroatoms. The molecule has 0 N–H and O–H groups in total. The summed E-state index contributed by atoms with van der Waals surface area (Å²) in [6.45, 7) is 11.8. The number of alkyl halides is 3. The van der Waals surface area contributed by atoms with Crippen molar-refractivity contribution in [3.63, 3.8) is 0 Å².